The van der Waals surface area contributed by atoms with Gasteiger partial charge in [0, 0.05) is 0 Å². The molecule has 0 saturated heterocycles. The van der Waals surface area contributed by atoms with Crippen LogP contribution in [-0.4, -0.2) is 13.9 Å². The summed E-state index contributed by atoms with van der Waals surface area (Å²) in [6, 6.07) is 30.8. The Bertz CT molecular complexity index is 1950. The molecule has 0 aliphatic carbocycles. The summed E-state index contributed by atoms with van der Waals surface area (Å²) in [5, 5.41) is 3.94. The van der Waals surface area contributed by atoms with Gasteiger partial charge in [0.2, 0.25) is 0 Å². The molecule has 45 heavy (non-hydrogen) atoms. The van der Waals surface area contributed by atoms with Gasteiger partial charge in [0.05, 0.1) is 0 Å². The molecule has 7 rings (SSSR count). The van der Waals surface area contributed by atoms with E-state index in [0.717, 1.165) is 79.2 Å². The van der Waals surface area contributed by atoms with Gasteiger partial charge < -0.3 is 0 Å². The summed E-state index contributed by atoms with van der Waals surface area (Å²) in [5.41, 5.74) is 5.84. The Morgan fingerprint density at radius 3 is 1.20 bits per heavy atom. The van der Waals surface area contributed by atoms with Crippen LogP contribution in [0.2, 0.25) is 0 Å². The summed E-state index contributed by atoms with van der Waals surface area (Å²) in [5.74, 6) is 0. The molecule has 0 amide bonds. The zero-order valence-electron chi connectivity index (χ0n) is 23.3. The first-order chi connectivity index (χ1) is 21.3. The topological polar surface area (TPSA) is 0 Å². The first-order valence-corrected chi connectivity index (χ1v) is 31.0. The van der Waals surface area contributed by atoms with Gasteiger partial charge >= 0.3 is 273 Å². The minimum atomic E-state index is -4.44. The van der Waals surface area contributed by atoms with Crippen molar-refractivity contribution in [2.24, 2.45) is 0 Å². The number of alkyl halides is 6. The third-order valence-corrected chi connectivity index (χ3v) is 21.0. The zero-order chi connectivity index (χ0) is 31.7. The van der Waals surface area contributed by atoms with Gasteiger partial charge in [0.25, 0.3) is 0 Å². The van der Waals surface area contributed by atoms with Crippen LogP contribution in [0.3, 0.4) is 0 Å². The number of hydrogen-bond acceptors (Lipinski definition) is 0. The van der Waals surface area contributed by atoms with Crippen LogP contribution in [0.25, 0.3) is 54.9 Å². The Morgan fingerprint density at radius 1 is 0.489 bits per heavy atom. The van der Waals surface area contributed by atoms with Crippen molar-refractivity contribution >= 4 is 60.9 Å². The van der Waals surface area contributed by atoms with E-state index in [0.29, 0.717) is 20.0 Å². The van der Waals surface area contributed by atoms with Crippen molar-refractivity contribution in [1.82, 2.24) is 0 Å². The fraction of sp³-hybridized carbons (Fsp3) is 0.111. The molecule has 9 heteroatoms. The van der Waals surface area contributed by atoms with Gasteiger partial charge in [-0.3, -0.25) is 0 Å². The Balaban J connectivity index is 1.59. The second-order valence-electron chi connectivity index (χ2n) is 11.4. The second kappa shape index (κ2) is 11.2. The average molecular weight is 847 g/mol. The van der Waals surface area contributed by atoms with E-state index in [9.17, 15) is 26.3 Å². The molecule has 0 nitrogen and oxygen atoms in total. The van der Waals surface area contributed by atoms with Crippen molar-refractivity contribution in [2.45, 2.75) is 21.2 Å². The molecule has 0 N–H and O–H groups in total. The van der Waals surface area contributed by atoms with E-state index in [2.05, 4.69) is 49.7 Å². The van der Waals surface area contributed by atoms with Gasteiger partial charge in [0.15, 0.2) is 0 Å². The maximum atomic E-state index is 13.5. The van der Waals surface area contributed by atoms with Crippen LogP contribution >= 0.6 is 25.4 Å². The Kier molecular flexibility index (Phi) is 7.64. The predicted molar refractivity (Wildman–Crippen MR) is 179 cm³/mol. The molecule has 6 aromatic carbocycles. The fourth-order valence-corrected chi connectivity index (χ4v) is 19.4. The quantitative estimate of drug-likeness (QED) is 0.120. The molecule has 0 radical (unpaired) electrons. The molecule has 6 aromatic rings. The SMILES string of the molecule is FC(F)(F)c1ccc(-c2cc3ccccc3c3c2[CH2][Sn]([Br])([Br])[CH2]c2c(-c4ccc(C(F)(F)F)cc4)cc4ccccc4c2-3)cc1. The zero-order valence-corrected chi connectivity index (χ0v) is 29.4. The molecule has 0 saturated carbocycles. The molecule has 0 aromatic heterocycles. The number of benzene rings is 6. The Hall–Kier alpha value is -2.82. The first-order valence-electron chi connectivity index (χ1n) is 14.1. The van der Waals surface area contributed by atoms with Crippen LogP contribution in [0.15, 0.2) is 109 Å². The number of halogens is 8. The summed E-state index contributed by atoms with van der Waals surface area (Å²) >= 11 is 4.87. The third kappa shape index (κ3) is 5.71. The van der Waals surface area contributed by atoms with Crippen molar-refractivity contribution in [3.63, 3.8) is 0 Å². The number of fused-ring (bicyclic) bond motifs is 7. The molecule has 0 bridgehead atoms. The molecule has 0 unspecified atom stereocenters. The van der Waals surface area contributed by atoms with Crippen LogP contribution in [-0.2, 0) is 21.2 Å². The minimum absolute atomic E-state index is 0.693. The van der Waals surface area contributed by atoms with Crippen LogP contribution in [0.4, 0.5) is 26.3 Å². The van der Waals surface area contributed by atoms with E-state index in [4.69, 9.17) is 0 Å². The molecule has 1 aliphatic rings. The molecular formula is C36H22Br2F6Sn. The van der Waals surface area contributed by atoms with E-state index >= 15 is 0 Å². The van der Waals surface area contributed by atoms with Gasteiger partial charge in [-0.05, 0) is 0 Å². The van der Waals surface area contributed by atoms with Gasteiger partial charge in [-0.2, -0.15) is 0 Å². The summed E-state index contributed by atoms with van der Waals surface area (Å²) in [4.78, 5) is 0. The van der Waals surface area contributed by atoms with E-state index in [1.165, 1.54) is 24.3 Å². The summed E-state index contributed by atoms with van der Waals surface area (Å²) in [6.45, 7) is 0. The average Bonchev–Trinajstić information content (AvgIpc) is 3.13. The molecule has 1 aliphatic heterocycles. The van der Waals surface area contributed by atoms with E-state index < -0.39 is 37.4 Å². The second-order valence-corrected chi connectivity index (χ2v) is 45.8. The Labute approximate surface area is 271 Å². The first kappa shape index (κ1) is 30.8. The predicted octanol–water partition coefficient (Wildman–Crippen LogP) is 12.4. The van der Waals surface area contributed by atoms with Crippen LogP contribution in [0, 0.1) is 0 Å². The standard InChI is InChI=1S/C36H22F6.2BrH.Sn/c1-21-31(23-11-15-27(16-12-23)35(37,38)39)19-25-7-3-5-9-29(25)33(21)34-22(2)32(20-26-8-4-6-10-30(26)34)24-13-17-28(18-14-24)36(40,41)42;;;/h3-20H,1-2H2;2*1H;/q;;;+2/p-2. The van der Waals surface area contributed by atoms with E-state index in [1.54, 1.807) is 0 Å². The Morgan fingerprint density at radius 2 is 0.844 bits per heavy atom. The van der Waals surface area contributed by atoms with Gasteiger partial charge in [-0.1, -0.05) is 0 Å². The molecule has 1 heterocycles. The van der Waals surface area contributed by atoms with Crippen LogP contribution in [0.5, 0.6) is 0 Å². The van der Waals surface area contributed by atoms with Gasteiger partial charge in [-0.25, -0.2) is 0 Å². The molecular weight excluding hydrogens is 825 g/mol. The molecule has 0 atom stereocenters. The van der Waals surface area contributed by atoms with Gasteiger partial charge in [0.1, 0.15) is 0 Å². The van der Waals surface area contributed by atoms with Crippen molar-refractivity contribution in [2.75, 3.05) is 0 Å². The summed E-state index contributed by atoms with van der Waals surface area (Å²) < 4.78 is 82.2. The van der Waals surface area contributed by atoms with Crippen LogP contribution in [0.1, 0.15) is 22.3 Å². The van der Waals surface area contributed by atoms with Crippen molar-refractivity contribution in [1.29, 1.82) is 0 Å². The maximum absolute atomic E-state index is 13.5. The molecule has 226 valence electrons. The number of hydrogen-bond donors (Lipinski definition) is 0. The summed E-state index contributed by atoms with van der Waals surface area (Å²) in [6.07, 6.45) is -8.88. The van der Waals surface area contributed by atoms with Crippen molar-refractivity contribution in [3.8, 4) is 33.4 Å². The fourth-order valence-electron chi connectivity index (χ4n) is 6.49. The van der Waals surface area contributed by atoms with E-state index in [-0.39, 0.29) is 0 Å². The molecule has 0 fully saturated rings. The van der Waals surface area contributed by atoms with Gasteiger partial charge in [-0.15, -0.1) is 0 Å². The van der Waals surface area contributed by atoms with Crippen molar-refractivity contribution in [3.05, 3.63) is 131 Å². The third-order valence-electron chi connectivity index (χ3n) is 8.48. The molecule has 0 spiro atoms. The number of rotatable bonds is 2. The normalized spacial score (nSPS) is 14.7. The van der Waals surface area contributed by atoms with E-state index in [1.807, 2.05) is 36.4 Å². The monoisotopic (exact) mass is 846 g/mol. The summed E-state index contributed by atoms with van der Waals surface area (Å²) in [7, 11) is 0. The van der Waals surface area contributed by atoms with Crippen molar-refractivity contribution < 1.29 is 26.3 Å². The van der Waals surface area contributed by atoms with Crippen LogP contribution < -0.4 is 0 Å².